The summed E-state index contributed by atoms with van der Waals surface area (Å²) in [5, 5.41) is 13.0. The zero-order valence-electron chi connectivity index (χ0n) is 10.8. The summed E-state index contributed by atoms with van der Waals surface area (Å²) in [4.78, 5) is 4.22. The second-order valence-corrected chi connectivity index (χ2v) is 4.13. The minimum atomic E-state index is -0.758. The average molecular weight is 267 g/mol. The van der Waals surface area contributed by atoms with Crippen LogP contribution in [0, 0.1) is 11.6 Å². The summed E-state index contributed by atoms with van der Waals surface area (Å²) in [6, 6.07) is 2.20. The average Bonchev–Trinajstić information content (AvgIpc) is 2.81. The van der Waals surface area contributed by atoms with E-state index in [0.29, 0.717) is 24.5 Å². The van der Waals surface area contributed by atoms with Gasteiger partial charge in [-0.15, -0.1) is 0 Å². The maximum Gasteiger partial charge on any atom is 0.152 e. The van der Waals surface area contributed by atoms with E-state index in [9.17, 15) is 8.78 Å². The Morgan fingerprint density at radius 1 is 1.16 bits per heavy atom. The predicted octanol–water partition coefficient (Wildman–Crippen LogP) is 2.16. The molecule has 0 unspecified atom stereocenters. The fourth-order valence-electron chi connectivity index (χ4n) is 1.86. The van der Waals surface area contributed by atoms with E-state index in [4.69, 9.17) is 5.11 Å². The van der Waals surface area contributed by atoms with Crippen LogP contribution in [0.1, 0.15) is 31.1 Å². The van der Waals surface area contributed by atoms with Crippen molar-refractivity contribution in [3.8, 4) is 5.69 Å². The van der Waals surface area contributed by atoms with Crippen molar-refractivity contribution in [2.24, 2.45) is 0 Å². The molecule has 0 saturated carbocycles. The largest absolute Gasteiger partial charge is 0.392 e. The molecule has 19 heavy (non-hydrogen) atoms. The third-order valence-electron chi connectivity index (χ3n) is 2.82. The molecule has 0 amide bonds. The minimum absolute atomic E-state index is 0.188. The molecular formula is C13H15F2N3O. The number of halogens is 2. The van der Waals surface area contributed by atoms with E-state index in [1.807, 2.05) is 13.8 Å². The first-order valence-electron chi connectivity index (χ1n) is 6.14. The van der Waals surface area contributed by atoms with Crippen LogP contribution in [-0.2, 0) is 19.4 Å². The molecule has 0 aliphatic heterocycles. The normalized spacial score (nSPS) is 11.0. The number of aliphatic hydroxyl groups excluding tert-OH is 1. The van der Waals surface area contributed by atoms with Crippen LogP contribution in [-0.4, -0.2) is 19.9 Å². The van der Waals surface area contributed by atoms with Gasteiger partial charge in [0.25, 0.3) is 0 Å². The number of hydrogen-bond acceptors (Lipinski definition) is 3. The predicted molar refractivity (Wildman–Crippen MR) is 66.0 cm³/mol. The van der Waals surface area contributed by atoms with Crippen molar-refractivity contribution in [3.63, 3.8) is 0 Å². The minimum Gasteiger partial charge on any atom is -0.392 e. The monoisotopic (exact) mass is 267 g/mol. The Morgan fingerprint density at radius 2 is 1.79 bits per heavy atom. The number of rotatable bonds is 4. The molecule has 2 rings (SSSR count). The molecular weight excluding hydrogens is 252 g/mol. The van der Waals surface area contributed by atoms with Crippen LogP contribution in [0.2, 0.25) is 0 Å². The lowest BCUT2D eigenvalue weighted by Gasteiger charge is -2.08. The Bertz CT molecular complexity index is 573. The van der Waals surface area contributed by atoms with Crippen LogP contribution in [0.5, 0.6) is 0 Å². The molecule has 0 bridgehead atoms. The number of aliphatic hydroxyl groups is 1. The van der Waals surface area contributed by atoms with Crippen LogP contribution in [0.4, 0.5) is 8.78 Å². The highest BCUT2D eigenvalue weighted by atomic mass is 19.1. The van der Waals surface area contributed by atoms with E-state index in [1.165, 1.54) is 4.68 Å². The number of benzene rings is 1. The summed E-state index contributed by atoms with van der Waals surface area (Å²) >= 11 is 0. The van der Waals surface area contributed by atoms with Gasteiger partial charge in [0.2, 0.25) is 0 Å². The summed E-state index contributed by atoms with van der Waals surface area (Å²) < 4.78 is 29.1. The van der Waals surface area contributed by atoms with Gasteiger partial charge in [-0.05, 0) is 17.7 Å². The highest BCUT2D eigenvalue weighted by molar-refractivity contribution is 5.38. The molecule has 6 heteroatoms. The van der Waals surface area contributed by atoms with E-state index in [0.717, 1.165) is 12.1 Å². The quantitative estimate of drug-likeness (QED) is 0.923. The van der Waals surface area contributed by atoms with Gasteiger partial charge < -0.3 is 5.11 Å². The second-order valence-electron chi connectivity index (χ2n) is 4.13. The molecule has 1 N–H and O–H groups in total. The van der Waals surface area contributed by atoms with Gasteiger partial charge in [-0.1, -0.05) is 13.8 Å². The molecule has 4 nitrogen and oxygen atoms in total. The SMILES string of the molecule is CCc1nc(CC)n(-c2c(F)cc(CO)cc2F)n1. The van der Waals surface area contributed by atoms with Gasteiger partial charge in [-0.3, -0.25) is 0 Å². The molecule has 0 saturated heterocycles. The lowest BCUT2D eigenvalue weighted by molar-refractivity contribution is 0.280. The topological polar surface area (TPSA) is 50.9 Å². The van der Waals surface area contributed by atoms with E-state index in [2.05, 4.69) is 10.1 Å². The van der Waals surface area contributed by atoms with Crippen molar-refractivity contribution in [1.29, 1.82) is 0 Å². The first kappa shape index (κ1) is 13.6. The zero-order valence-corrected chi connectivity index (χ0v) is 10.8. The molecule has 0 atom stereocenters. The van der Waals surface area contributed by atoms with Gasteiger partial charge in [-0.2, -0.15) is 5.10 Å². The Morgan fingerprint density at radius 3 is 2.26 bits per heavy atom. The van der Waals surface area contributed by atoms with Gasteiger partial charge >= 0.3 is 0 Å². The fraction of sp³-hybridized carbons (Fsp3) is 0.385. The van der Waals surface area contributed by atoms with Crippen molar-refractivity contribution < 1.29 is 13.9 Å². The molecule has 1 aromatic heterocycles. The number of hydrogen-bond donors (Lipinski definition) is 1. The Kier molecular flexibility index (Phi) is 3.90. The van der Waals surface area contributed by atoms with Gasteiger partial charge in [0.05, 0.1) is 6.61 Å². The smallest absolute Gasteiger partial charge is 0.152 e. The summed E-state index contributed by atoms with van der Waals surface area (Å²) in [5.74, 6) is -0.467. The molecule has 102 valence electrons. The molecule has 0 aliphatic rings. The standard InChI is InChI=1S/C13H15F2N3O/c1-3-11-16-12(4-2)18(17-11)13-9(14)5-8(7-19)6-10(13)15/h5-6,19H,3-4,7H2,1-2H3. The summed E-state index contributed by atoms with van der Waals surface area (Å²) in [6.45, 7) is 3.31. The molecule has 0 spiro atoms. The van der Waals surface area contributed by atoms with Crippen molar-refractivity contribution in [2.75, 3.05) is 0 Å². The fourth-order valence-corrected chi connectivity index (χ4v) is 1.86. The maximum absolute atomic E-state index is 14.0. The molecule has 1 aromatic carbocycles. The maximum atomic E-state index is 14.0. The highest BCUT2D eigenvalue weighted by Crippen LogP contribution is 2.21. The zero-order chi connectivity index (χ0) is 14.0. The van der Waals surface area contributed by atoms with E-state index in [1.54, 1.807) is 0 Å². The molecule has 0 radical (unpaired) electrons. The van der Waals surface area contributed by atoms with Crippen molar-refractivity contribution in [1.82, 2.24) is 14.8 Å². The van der Waals surface area contributed by atoms with Gasteiger partial charge in [-0.25, -0.2) is 18.4 Å². The second kappa shape index (κ2) is 5.44. The number of aryl methyl sites for hydroxylation is 2. The first-order valence-corrected chi connectivity index (χ1v) is 6.14. The van der Waals surface area contributed by atoms with Crippen molar-refractivity contribution in [3.05, 3.63) is 41.0 Å². The first-order chi connectivity index (χ1) is 9.10. The van der Waals surface area contributed by atoms with Gasteiger partial charge in [0, 0.05) is 12.8 Å². The molecule has 0 fully saturated rings. The molecule has 2 aromatic rings. The third-order valence-corrected chi connectivity index (χ3v) is 2.82. The Balaban J connectivity index is 2.61. The van der Waals surface area contributed by atoms with Crippen LogP contribution >= 0.6 is 0 Å². The van der Waals surface area contributed by atoms with E-state index < -0.39 is 18.2 Å². The highest BCUT2D eigenvalue weighted by Gasteiger charge is 2.18. The Hall–Kier alpha value is -1.82. The number of aromatic nitrogens is 3. The van der Waals surface area contributed by atoms with Crippen molar-refractivity contribution >= 4 is 0 Å². The van der Waals surface area contributed by atoms with E-state index >= 15 is 0 Å². The van der Waals surface area contributed by atoms with Crippen LogP contribution in [0.25, 0.3) is 5.69 Å². The lowest BCUT2D eigenvalue weighted by atomic mass is 10.2. The van der Waals surface area contributed by atoms with E-state index in [-0.39, 0.29) is 11.3 Å². The van der Waals surface area contributed by atoms with Crippen LogP contribution in [0.15, 0.2) is 12.1 Å². The molecule has 0 aliphatic carbocycles. The third kappa shape index (κ3) is 2.49. The van der Waals surface area contributed by atoms with Crippen LogP contribution in [0.3, 0.4) is 0 Å². The van der Waals surface area contributed by atoms with Crippen molar-refractivity contribution in [2.45, 2.75) is 33.3 Å². The van der Waals surface area contributed by atoms with Gasteiger partial charge in [0.1, 0.15) is 11.5 Å². The van der Waals surface area contributed by atoms with Gasteiger partial charge in [0.15, 0.2) is 17.5 Å². The molecule has 1 heterocycles. The summed E-state index contributed by atoms with van der Waals surface area (Å²) in [6.07, 6.45) is 1.12. The van der Waals surface area contributed by atoms with Crippen LogP contribution < -0.4 is 0 Å². The number of nitrogens with zero attached hydrogens (tertiary/aromatic N) is 3. The Labute approximate surface area is 109 Å². The lowest BCUT2D eigenvalue weighted by Crippen LogP contribution is -2.08. The summed E-state index contributed by atoms with van der Waals surface area (Å²) in [7, 11) is 0. The summed E-state index contributed by atoms with van der Waals surface area (Å²) in [5.41, 5.74) is -0.0612.